The van der Waals surface area contributed by atoms with Crippen LogP contribution in [0.4, 0.5) is 0 Å². The van der Waals surface area contributed by atoms with Gasteiger partial charge in [-0.05, 0) is 19.3 Å². The quantitative estimate of drug-likeness (QED) is 0.679. The van der Waals surface area contributed by atoms with Gasteiger partial charge in [0.25, 0.3) is 0 Å². The average molecular weight is 185 g/mol. The lowest BCUT2D eigenvalue weighted by Gasteiger charge is -2.30. The number of hydrogen-bond acceptors (Lipinski definition) is 3. The molecule has 3 heteroatoms. The van der Waals surface area contributed by atoms with Crippen molar-refractivity contribution in [3.8, 4) is 0 Å². The Bertz CT molecular complexity index is 174. The van der Waals surface area contributed by atoms with E-state index in [4.69, 9.17) is 10.5 Å². The predicted molar refractivity (Wildman–Crippen MR) is 51.3 cm³/mol. The minimum absolute atomic E-state index is 0.200. The maximum atomic E-state index is 11.5. The summed E-state index contributed by atoms with van der Waals surface area (Å²) in [6.07, 6.45) is 5.74. The molecule has 0 unspecified atom stereocenters. The van der Waals surface area contributed by atoms with E-state index in [0.29, 0.717) is 6.61 Å². The van der Waals surface area contributed by atoms with E-state index >= 15 is 0 Å². The largest absolute Gasteiger partial charge is 0.464 e. The number of rotatable bonds is 3. The lowest BCUT2D eigenvalue weighted by Crippen LogP contribution is -2.50. The molecule has 76 valence electrons. The predicted octanol–water partition coefficient (Wildman–Crippen LogP) is 1.60. The van der Waals surface area contributed by atoms with Gasteiger partial charge in [0.1, 0.15) is 5.54 Å². The van der Waals surface area contributed by atoms with Crippen molar-refractivity contribution in [2.75, 3.05) is 6.61 Å². The Morgan fingerprint density at radius 3 is 2.54 bits per heavy atom. The van der Waals surface area contributed by atoms with E-state index in [0.717, 1.165) is 32.1 Å². The van der Waals surface area contributed by atoms with Crippen molar-refractivity contribution in [2.45, 2.75) is 51.0 Å². The van der Waals surface area contributed by atoms with Crippen LogP contribution in [0, 0.1) is 0 Å². The number of ether oxygens (including phenoxy) is 1. The lowest BCUT2D eigenvalue weighted by molar-refractivity contribution is -0.151. The summed E-state index contributed by atoms with van der Waals surface area (Å²) in [5.41, 5.74) is 5.30. The SMILES string of the molecule is CCCOC(=O)C1(N)CCCCC1. The average Bonchev–Trinajstić information content (AvgIpc) is 2.15. The first-order valence-electron chi connectivity index (χ1n) is 5.15. The zero-order valence-electron chi connectivity index (χ0n) is 8.34. The Balaban J connectivity index is 2.42. The summed E-state index contributed by atoms with van der Waals surface area (Å²) in [5, 5.41) is 0. The molecule has 0 aliphatic heterocycles. The van der Waals surface area contributed by atoms with Crippen molar-refractivity contribution in [3.63, 3.8) is 0 Å². The summed E-state index contributed by atoms with van der Waals surface area (Å²) < 4.78 is 5.07. The second kappa shape index (κ2) is 4.61. The maximum absolute atomic E-state index is 11.5. The van der Waals surface area contributed by atoms with Crippen LogP contribution in [-0.4, -0.2) is 18.1 Å². The molecule has 0 amide bonds. The third kappa shape index (κ3) is 2.69. The van der Waals surface area contributed by atoms with Crippen LogP contribution in [0.1, 0.15) is 45.4 Å². The Hall–Kier alpha value is -0.570. The van der Waals surface area contributed by atoms with Gasteiger partial charge in [-0.3, -0.25) is 4.79 Å². The smallest absolute Gasteiger partial charge is 0.326 e. The van der Waals surface area contributed by atoms with E-state index in [-0.39, 0.29) is 5.97 Å². The molecule has 0 spiro atoms. The van der Waals surface area contributed by atoms with Crippen molar-refractivity contribution in [1.29, 1.82) is 0 Å². The monoisotopic (exact) mass is 185 g/mol. The van der Waals surface area contributed by atoms with E-state index in [1.165, 1.54) is 6.42 Å². The van der Waals surface area contributed by atoms with Gasteiger partial charge in [0.2, 0.25) is 0 Å². The second-order valence-electron chi connectivity index (χ2n) is 3.85. The number of hydrogen-bond donors (Lipinski definition) is 1. The van der Waals surface area contributed by atoms with Gasteiger partial charge in [-0.2, -0.15) is 0 Å². The molecule has 3 nitrogen and oxygen atoms in total. The Labute approximate surface area is 79.6 Å². The highest BCUT2D eigenvalue weighted by molar-refractivity contribution is 5.80. The molecule has 1 aliphatic carbocycles. The van der Waals surface area contributed by atoms with E-state index in [2.05, 4.69) is 0 Å². The first-order chi connectivity index (χ1) is 6.19. The van der Waals surface area contributed by atoms with Crippen molar-refractivity contribution in [1.82, 2.24) is 0 Å². The maximum Gasteiger partial charge on any atom is 0.326 e. The summed E-state index contributed by atoms with van der Waals surface area (Å²) in [6.45, 7) is 2.48. The van der Waals surface area contributed by atoms with E-state index in [9.17, 15) is 4.79 Å². The number of esters is 1. The van der Waals surface area contributed by atoms with Gasteiger partial charge in [-0.1, -0.05) is 26.2 Å². The molecule has 0 bridgehead atoms. The van der Waals surface area contributed by atoms with Gasteiger partial charge in [0.05, 0.1) is 6.61 Å². The topological polar surface area (TPSA) is 52.3 Å². The van der Waals surface area contributed by atoms with Gasteiger partial charge >= 0.3 is 5.97 Å². The summed E-state index contributed by atoms with van der Waals surface area (Å²) in [4.78, 5) is 11.5. The molecule has 0 heterocycles. The molecule has 1 saturated carbocycles. The first-order valence-corrected chi connectivity index (χ1v) is 5.15. The minimum Gasteiger partial charge on any atom is -0.464 e. The molecule has 0 aromatic rings. The molecule has 0 radical (unpaired) electrons. The Kier molecular flexibility index (Phi) is 3.72. The van der Waals surface area contributed by atoms with Crippen LogP contribution < -0.4 is 5.73 Å². The molecule has 0 atom stereocenters. The highest BCUT2D eigenvalue weighted by Gasteiger charge is 2.36. The van der Waals surface area contributed by atoms with Gasteiger partial charge in [0.15, 0.2) is 0 Å². The number of carbonyl (C=O) groups is 1. The summed E-state index contributed by atoms with van der Waals surface area (Å²) in [6, 6.07) is 0. The van der Waals surface area contributed by atoms with Crippen LogP contribution in [-0.2, 0) is 9.53 Å². The highest BCUT2D eigenvalue weighted by atomic mass is 16.5. The fourth-order valence-electron chi connectivity index (χ4n) is 1.73. The molecule has 1 rings (SSSR count). The first kappa shape index (κ1) is 10.5. The zero-order chi connectivity index (χ0) is 9.73. The normalized spacial score (nSPS) is 21.1. The number of carbonyl (C=O) groups excluding carboxylic acids is 1. The minimum atomic E-state index is -0.673. The molecule has 13 heavy (non-hydrogen) atoms. The van der Waals surface area contributed by atoms with Crippen LogP contribution in [0.5, 0.6) is 0 Å². The van der Waals surface area contributed by atoms with Crippen LogP contribution in [0.25, 0.3) is 0 Å². The zero-order valence-corrected chi connectivity index (χ0v) is 8.34. The summed E-state index contributed by atoms with van der Waals surface area (Å²) in [7, 11) is 0. The summed E-state index contributed by atoms with van der Waals surface area (Å²) in [5.74, 6) is -0.200. The van der Waals surface area contributed by atoms with E-state index in [1.807, 2.05) is 6.92 Å². The molecule has 1 aliphatic rings. The van der Waals surface area contributed by atoms with Gasteiger partial charge in [-0.15, -0.1) is 0 Å². The van der Waals surface area contributed by atoms with Crippen molar-refractivity contribution >= 4 is 5.97 Å². The fourth-order valence-corrected chi connectivity index (χ4v) is 1.73. The molecule has 0 saturated heterocycles. The number of nitrogens with two attached hydrogens (primary N) is 1. The molecule has 2 N–H and O–H groups in total. The van der Waals surface area contributed by atoms with Crippen LogP contribution in [0.15, 0.2) is 0 Å². The third-order valence-electron chi connectivity index (χ3n) is 2.59. The lowest BCUT2D eigenvalue weighted by atomic mass is 9.83. The molecule has 0 aromatic carbocycles. The summed E-state index contributed by atoms with van der Waals surface area (Å²) >= 11 is 0. The van der Waals surface area contributed by atoms with Crippen molar-refractivity contribution in [3.05, 3.63) is 0 Å². The fraction of sp³-hybridized carbons (Fsp3) is 0.900. The van der Waals surface area contributed by atoms with Crippen LogP contribution in [0.2, 0.25) is 0 Å². The second-order valence-corrected chi connectivity index (χ2v) is 3.85. The van der Waals surface area contributed by atoms with E-state index < -0.39 is 5.54 Å². The standard InChI is InChI=1S/C10H19NO2/c1-2-8-13-9(12)10(11)6-4-3-5-7-10/h2-8,11H2,1H3. The van der Waals surface area contributed by atoms with Gasteiger partial charge < -0.3 is 10.5 Å². The van der Waals surface area contributed by atoms with Crippen molar-refractivity contribution < 1.29 is 9.53 Å². The highest BCUT2D eigenvalue weighted by Crippen LogP contribution is 2.26. The molecule has 1 fully saturated rings. The molecular weight excluding hydrogens is 166 g/mol. The van der Waals surface area contributed by atoms with Gasteiger partial charge in [0, 0.05) is 0 Å². The van der Waals surface area contributed by atoms with Crippen LogP contribution >= 0.6 is 0 Å². The van der Waals surface area contributed by atoms with E-state index in [1.54, 1.807) is 0 Å². The molecular formula is C10H19NO2. The van der Waals surface area contributed by atoms with Crippen molar-refractivity contribution in [2.24, 2.45) is 5.73 Å². The van der Waals surface area contributed by atoms with Crippen LogP contribution in [0.3, 0.4) is 0 Å². The molecule has 0 aromatic heterocycles. The third-order valence-corrected chi connectivity index (χ3v) is 2.59. The Morgan fingerprint density at radius 2 is 2.00 bits per heavy atom. The van der Waals surface area contributed by atoms with Gasteiger partial charge in [-0.25, -0.2) is 0 Å². The Morgan fingerprint density at radius 1 is 1.38 bits per heavy atom.